The number of aromatic amines is 1. The van der Waals surface area contributed by atoms with Crippen LogP contribution in [0, 0.1) is 0 Å². The third-order valence-corrected chi connectivity index (χ3v) is 6.34. The molecule has 0 aliphatic carbocycles. The fraction of sp³-hybridized carbons (Fsp3) is 0.471. The quantitative estimate of drug-likeness (QED) is 0.778. The van der Waals surface area contributed by atoms with Gasteiger partial charge in [0.15, 0.2) is 0 Å². The minimum Gasteiger partial charge on any atom is -0.361 e. The molecule has 1 aliphatic rings. The molecule has 130 valence electrons. The molecule has 6 nitrogen and oxygen atoms in total. The summed E-state index contributed by atoms with van der Waals surface area (Å²) in [5, 5.41) is 3.94. The fourth-order valence-corrected chi connectivity index (χ4v) is 4.73. The Labute approximate surface area is 142 Å². The highest BCUT2D eigenvalue weighted by atomic mass is 32.2. The van der Waals surface area contributed by atoms with Gasteiger partial charge in [0.1, 0.15) is 0 Å². The Morgan fingerprint density at radius 3 is 2.92 bits per heavy atom. The van der Waals surface area contributed by atoms with Gasteiger partial charge in [-0.3, -0.25) is 4.79 Å². The Balaban J connectivity index is 1.44. The summed E-state index contributed by atoms with van der Waals surface area (Å²) >= 11 is 0. The van der Waals surface area contributed by atoms with Crippen molar-refractivity contribution in [2.45, 2.75) is 25.7 Å². The first-order chi connectivity index (χ1) is 11.6. The van der Waals surface area contributed by atoms with Crippen LogP contribution in [-0.4, -0.2) is 49.0 Å². The van der Waals surface area contributed by atoms with E-state index in [-0.39, 0.29) is 11.7 Å². The van der Waals surface area contributed by atoms with Gasteiger partial charge in [0, 0.05) is 36.7 Å². The second-order valence-corrected chi connectivity index (χ2v) is 8.25. The number of nitrogens with one attached hydrogen (secondary N) is 2. The van der Waals surface area contributed by atoms with Crippen molar-refractivity contribution >= 4 is 26.8 Å². The number of rotatable bonds is 6. The van der Waals surface area contributed by atoms with E-state index in [0.29, 0.717) is 32.5 Å². The summed E-state index contributed by atoms with van der Waals surface area (Å²) in [6.07, 6.45) is 4.50. The van der Waals surface area contributed by atoms with Crippen LogP contribution in [-0.2, 0) is 21.2 Å². The van der Waals surface area contributed by atoms with Crippen LogP contribution in [0.4, 0.5) is 0 Å². The van der Waals surface area contributed by atoms with Crippen molar-refractivity contribution in [1.29, 1.82) is 0 Å². The van der Waals surface area contributed by atoms with Crippen LogP contribution in [0.5, 0.6) is 0 Å². The third kappa shape index (κ3) is 3.96. The number of nitrogens with zero attached hydrogens (tertiary/aromatic N) is 1. The topological polar surface area (TPSA) is 82.3 Å². The number of hydrogen-bond acceptors (Lipinski definition) is 3. The predicted molar refractivity (Wildman–Crippen MR) is 94.2 cm³/mol. The van der Waals surface area contributed by atoms with Gasteiger partial charge in [-0.1, -0.05) is 18.2 Å². The third-order valence-electron chi connectivity index (χ3n) is 4.39. The first-order valence-electron chi connectivity index (χ1n) is 8.36. The normalized spacial score (nSPS) is 17.8. The molecule has 3 rings (SSSR count). The summed E-state index contributed by atoms with van der Waals surface area (Å²) in [6.45, 7) is 1.58. The molecule has 1 fully saturated rings. The van der Waals surface area contributed by atoms with Crippen LogP contribution >= 0.6 is 0 Å². The molecule has 2 N–H and O–H groups in total. The zero-order valence-electron chi connectivity index (χ0n) is 13.6. The average molecular weight is 349 g/mol. The summed E-state index contributed by atoms with van der Waals surface area (Å²) < 4.78 is 25.3. The molecule has 24 heavy (non-hydrogen) atoms. The second kappa shape index (κ2) is 7.36. The number of sulfonamides is 1. The van der Waals surface area contributed by atoms with Crippen molar-refractivity contribution in [3.8, 4) is 0 Å². The molecule has 0 bridgehead atoms. The number of amides is 1. The van der Waals surface area contributed by atoms with Crippen molar-refractivity contribution < 1.29 is 13.2 Å². The van der Waals surface area contributed by atoms with Crippen LogP contribution in [0.3, 0.4) is 0 Å². The minimum absolute atomic E-state index is 0.0405. The molecule has 0 unspecified atom stereocenters. The monoisotopic (exact) mass is 349 g/mol. The Kier molecular flexibility index (Phi) is 5.20. The van der Waals surface area contributed by atoms with E-state index in [9.17, 15) is 13.2 Å². The molecule has 1 saturated heterocycles. The van der Waals surface area contributed by atoms with Crippen LogP contribution in [0.2, 0.25) is 0 Å². The molecular formula is C17H23N3O3S. The van der Waals surface area contributed by atoms with Crippen LogP contribution < -0.4 is 5.32 Å². The molecule has 7 heteroatoms. The van der Waals surface area contributed by atoms with E-state index in [1.165, 1.54) is 0 Å². The van der Waals surface area contributed by atoms with Crippen molar-refractivity contribution in [1.82, 2.24) is 14.6 Å². The summed E-state index contributed by atoms with van der Waals surface area (Å²) in [5.74, 6) is 0.209. The van der Waals surface area contributed by atoms with Gasteiger partial charge in [0.2, 0.25) is 15.9 Å². The van der Waals surface area contributed by atoms with Crippen molar-refractivity contribution in [2.75, 3.05) is 25.4 Å². The van der Waals surface area contributed by atoms with Gasteiger partial charge in [-0.2, -0.15) is 0 Å². The van der Waals surface area contributed by atoms with Gasteiger partial charge in [-0.05, 0) is 30.9 Å². The molecule has 1 aromatic carbocycles. The molecular weight excluding hydrogens is 326 g/mol. The largest absolute Gasteiger partial charge is 0.361 e. The van der Waals surface area contributed by atoms with E-state index in [4.69, 9.17) is 0 Å². The van der Waals surface area contributed by atoms with Gasteiger partial charge in [0.25, 0.3) is 0 Å². The zero-order valence-corrected chi connectivity index (χ0v) is 14.4. The molecule has 0 atom stereocenters. The van der Waals surface area contributed by atoms with Gasteiger partial charge >= 0.3 is 0 Å². The number of hydrogen-bond donors (Lipinski definition) is 2. The molecule has 1 aromatic heterocycles. The smallest absolute Gasteiger partial charge is 0.224 e. The van der Waals surface area contributed by atoms with E-state index in [1.54, 1.807) is 4.31 Å². The summed E-state index contributed by atoms with van der Waals surface area (Å²) in [7, 11) is -3.07. The standard InChI is InChI=1S/C17H23N3O3S/c21-17(12-14-13-19-16-7-2-1-6-15(14)16)18-8-5-10-20-9-3-4-11-24(20,22)23/h1-2,6-7,13,19H,3-5,8-12H2,(H,18,21). The summed E-state index contributed by atoms with van der Waals surface area (Å²) in [6, 6.07) is 7.89. The Morgan fingerprint density at radius 2 is 2.08 bits per heavy atom. The highest BCUT2D eigenvalue weighted by Crippen LogP contribution is 2.18. The van der Waals surface area contributed by atoms with Crippen molar-refractivity contribution in [3.05, 3.63) is 36.0 Å². The highest BCUT2D eigenvalue weighted by molar-refractivity contribution is 7.89. The fourth-order valence-electron chi connectivity index (χ4n) is 3.09. The van der Waals surface area contributed by atoms with E-state index in [1.807, 2.05) is 30.5 Å². The number of benzene rings is 1. The second-order valence-electron chi connectivity index (χ2n) is 6.16. The maximum absolute atomic E-state index is 12.1. The van der Waals surface area contributed by atoms with Gasteiger partial charge < -0.3 is 10.3 Å². The number of carbonyl (C=O) groups excluding carboxylic acids is 1. The lowest BCUT2D eigenvalue weighted by Crippen LogP contribution is -2.39. The maximum Gasteiger partial charge on any atom is 0.224 e. The lowest BCUT2D eigenvalue weighted by molar-refractivity contribution is -0.120. The molecule has 1 aliphatic heterocycles. The van der Waals surface area contributed by atoms with Crippen LogP contribution in [0.15, 0.2) is 30.5 Å². The maximum atomic E-state index is 12.1. The van der Waals surface area contributed by atoms with E-state index >= 15 is 0 Å². The molecule has 2 aromatic rings. The van der Waals surface area contributed by atoms with E-state index in [0.717, 1.165) is 29.3 Å². The number of aromatic nitrogens is 1. The first kappa shape index (κ1) is 17.0. The van der Waals surface area contributed by atoms with E-state index in [2.05, 4.69) is 10.3 Å². The van der Waals surface area contributed by atoms with E-state index < -0.39 is 10.0 Å². The van der Waals surface area contributed by atoms with Crippen LogP contribution in [0.1, 0.15) is 24.8 Å². The highest BCUT2D eigenvalue weighted by Gasteiger charge is 2.24. The summed E-state index contributed by atoms with van der Waals surface area (Å²) in [5.41, 5.74) is 2.00. The SMILES string of the molecule is O=C(Cc1c[nH]c2ccccc12)NCCCN1CCCCS1(=O)=O. The Morgan fingerprint density at radius 1 is 1.25 bits per heavy atom. The average Bonchev–Trinajstić information content (AvgIpc) is 2.96. The van der Waals surface area contributed by atoms with Crippen LogP contribution in [0.25, 0.3) is 10.9 Å². The van der Waals surface area contributed by atoms with Crippen molar-refractivity contribution in [2.24, 2.45) is 0 Å². The molecule has 2 heterocycles. The lowest BCUT2D eigenvalue weighted by atomic mass is 10.1. The van der Waals surface area contributed by atoms with Crippen molar-refractivity contribution in [3.63, 3.8) is 0 Å². The molecule has 0 radical (unpaired) electrons. The Bertz CT molecular complexity index is 813. The Hall–Kier alpha value is -1.86. The number of fused-ring (bicyclic) bond motifs is 1. The molecule has 0 spiro atoms. The summed E-state index contributed by atoms with van der Waals surface area (Å²) in [4.78, 5) is 15.2. The first-order valence-corrected chi connectivity index (χ1v) is 9.97. The number of carbonyl (C=O) groups is 1. The van der Waals surface area contributed by atoms with Gasteiger partial charge in [-0.25, -0.2) is 12.7 Å². The number of para-hydroxylation sites is 1. The minimum atomic E-state index is -3.07. The molecule has 0 saturated carbocycles. The zero-order chi connectivity index (χ0) is 17.0. The predicted octanol–water partition coefficient (Wildman–Crippen LogP) is 1.64. The van der Waals surface area contributed by atoms with Gasteiger partial charge in [-0.15, -0.1) is 0 Å². The number of H-pyrrole nitrogens is 1. The van der Waals surface area contributed by atoms with Gasteiger partial charge in [0.05, 0.1) is 12.2 Å². The lowest BCUT2D eigenvalue weighted by Gasteiger charge is -2.26. The molecule has 1 amide bonds.